The van der Waals surface area contributed by atoms with E-state index < -0.39 is 0 Å². The van der Waals surface area contributed by atoms with E-state index in [4.69, 9.17) is 0 Å². The molecule has 0 atom stereocenters. The Balaban J connectivity index is 0. The molecule has 0 unspecified atom stereocenters. The molecule has 0 saturated carbocycles. The Kier molecular flexibility index (Phi) is 6.83. The Hall–Kier alpha value is 0.0249. The molecule has 0 N–H and O–H groups in total. The molecule has 0 aliphatic heterocycles. The van der Waals surface area contributed by atoms with Gasteiger partial charge in [-0.2, -0.15) is 0 Å². The van der Waals surface area contributed by atoms with Crippen LogP contribution < -0.4 is 0 Å². The van der Waals surface area contributed by atoms with Crippen LogP contribution in [0.3, 0.4) is 0 Å². The van der Waals surface area contributed by atoms with Crippen molar-refractivity contribution in [2.24, 2.45) is 5.92 Å². The minimum atomic E-state index is 0. The Bertz CT molecular complexity index is 105. The Morgan fingerprint density at radius 3 is 1.67 bits per heavy atom. The molecule has 1 nitrogen and oxygen atoms in total. The zero-order valence-electron chi connectivity index (χ0n) is 9.52. The van der Waals surface area contributed by atoms with Crippen molar-refractivity contribution < 1.29 is 0 Å². The summed E-state index contributed by atoms with van der Waals surface area (Å²) in [5.41, 5.74) is 0.332. The fourth-order valence-corrected chi connectivity index (χ4v) is 1.32. The average Bonchev–Trinajstić information content (AvgIpc) is 1.79. The number of rotatable bonds is 3. The summed E-state index contributed by atoms with van der Waals surface area (Å²) < 4.78 is 0. The molecule has 3 radical (unpaired) electrons. The quantitative estimate of drug-likeness (QED) is 0.585. The van der Waals surface area contributed by atoms with Crippen LogP contribution in [0.5, 0.6) is 0 Å². The van der Waals surface area contributed by atoms with Crippen molar-refractivity contribution in [3.63, 3.8) is 0 Å². The number of nitrogens with zero attached hydrogens (tertiary/aromatic N) is 1. The molecule has 0 aromatic carbocycles. The molecular weight excluding hydrogens is 145 g/mol. The van der Waals surface area contributed by atoms with E-state index >= 15 is 0 Å². The largest absolute Gasteiger partial charge is 0.299 e. The van der Waals surface area contributed by atoms with E-state index in [1.165, 1.54) is 6.54 Å². The summed E-state index contributed by atoms with van der Waals surface area (Å²) in [5.74, 6) is 0.772. The highest BCUT2D eigenvalue weighted by Gasteiger charge is 2.19. The highest BCUT2D eigenvalue weighted by atomic mass is 15.2. The molecule has 71 valence electrons. The van der Waals surface area contributed by atoms with Crippen molar-refractivity contribution in [1.29, 1.82) is 0 Å². The molecule has 0 rings (SSSR count). The lowest BCUT2D eigenvalue weighted by atomic mass is 10.0. The number of hydrogen-bond acceptors (Lipinski definition) is 1. The van der Waals surface area contributed by atoms with Crippen LogP contribution in [0.25, 0.3) is 0 Å². The second-order valence-electron chi connectivity index (χ2n) is 4.60. The zero-order valence-corrected chi connectivity index (χ0v) is 9.52. The van der Waals surface area contributed by atoms with E-state index in [0.717, 1.165) is 12.5 Å². The van der Waals surface area contributed by atoms with Crippen LogP contribution >= 0.6 is 0 Å². The smallest absolute Gasteiger partial charge is 0.0125 e. The lowest BCUT2D eigenvalue weighted by Crippen LogP contribution is -2.43. The summed E-state index contributed by atoms with van der Waals surface area (Å²) in [6.45, 7) is 16.0. The van der Waals surface area contributed by atoms with E-state index in [1.54, 1.807) is 0 Å². The van der Waals surface area contributed by atoms with Crippen molar-refractivity contribution in [3.8, 4) is 0 Å². The van der Waals surface area contributed by atoms with Gasteiger partial charge in [0.1, 0.15) is 0 Å². The molecule has 0 aliphatic rings. The van der Waals surface area contributed by atoms with Gasteiger partial charge in [-0.1, -0.05) is 20.8 Å². The predicted molar refractivity (Wildman–Crippen MR) is 57.6 cm³/mol. The number of hydrogen-bond donors (Lipinski definition) is 0. The van der Waals surface area contributed by atoms with Gasteiger partial charge in [0.25, 0.3) is 0 Å². The highest BCUT2D eigenvalue weighted by Crippen LogP contribution is 2.14. The maximum atomic E-state index is 2.51. The van der Waals surface area contributed by atoms with E-state index in [-0.39, 0.29) is 8.41 Å². The zero-order chi connectivity index (χ0) is 9.07. The first-order chi connectivity index (χ1) is 4.88. The lowest BCUT2D eigenvalue weighted by Gasteiger charge is -2.35. The fourth-order valence-electron chi connectivity index (χ4n) is 1.32. The van der Waals surface area contributed by atoms with Gasteiger partial charge in [0, 0.05) is 20.5 Å². The van der Waals surface area contributed by atoms with Crippen LogP contribution in [0.4, 0.5) is 0 Å². The fraction of sp³-hybridized carbons (Fsp3) is 1.00. The summed E-state index contributed by atoms with van der Waals surface area (Å²) in [5, 5.41) is 0. The van der Waals surface area contributed by atoms with Crippen LogP contribution in [0, 0.1) is 5.92 Å². The van der Waals surface area contributed by atoms with Crippen LogP contribution in [0.2, 0.25) is 0 Å². The Morgan fingerprint density at radius 1 is 1.17 bits per heavy atom. The SMILES string of the molecule is CCN(CC(C)C)C(C)(C)C.[B]. The van der Waals surface area contributed by atoms with Gasteiger partial charge < -0.3 is 0 Å². The minimum Gasteiger partial charge on any atom is -0.299 e. The van der Waals surface area contributed by atoms with Crippen molar-refractivity contribution in [2.45, 2.75) is 47.1 Å². The van der Waals surface area contributed by atoms with Gasteiger partial charge in [0.15, 0.2) is 0 Å². The Labute approximate surface area is 80.1 Å². The Morgan fingerprint density at radius 2 is 1.58 bits per heavy atom. The molecular formula is C10H23BN. The summed E-state index contributed by atoms with van der Waals surface area (Å²) in [6.07, 6.45) is 0. The summed E-state index contributed by atoms with van der Waals surface area (Å²) >= 11 is 0. The average molecular weight is 168 g/mol. The van der Waals surface area contributed by atoms with E-state index in [9.17, 15) is 0 Å². The molecule has 0 amide bonds. The van der Waals surface area contributed by atoms with E-state index in [2.05, 4.69) is 46.4 Å². The monoisotopic (exact) mass is 168 g/mol. The molecule has 0 saturated heterocycles. The standard InChI is InChI=1S/C10H23N.B/c1-7-11(8-9(2)3)10(4,5)6;/h9H,7-8H2,1-6H3;. The van der Waals surface area contributed by atoms with Gasteiger partial charge in [-0.05, 0) is 33.2 Å². The summed E-state index contributed by atoms with van der Waals surface area (Å²) in [7, 11) is 0. The summed E-state index contributed by atoms with van der Waals surface area (Å²) in [6, 6.07) is 0. The van der Waals surface area contributed by atoms with Crippen LogP contribution in [-0.2, 0) is 0 Å². The highest BCUT2D eigenvalue weighted by molar-refractivity contribution is 5.75. The van der Waals surface area contributed by atoms with Gasteiger partial charge in [-0.3, -0.25) is 4.90 Å². The van der Waals surface area contributed by atoms with Gasteiger partial charge in [-0.25, -0.2) is 0 Å². The van der Waals surface area contributed by atoms with Gasteiger partial charge >= 0.3 is 0 Å². The van der Waals surface area contributed by atoms with Crippen LogP contribution in [0.15, 0.2) is 0 Å². The van der Waals surface area contributed by atoms with Crippen molar-refractivity contribution in [2.75, 3.05) is 13.1 Å². The first kappa shape index (κ1) is 14.5. The normalized spacial score (nSPS) is 12.0. The van der Waals surface area contributed by atoms with E-state index in [1.807, 2.05) is 0 Å². The first-order valence-electron chi connectivity index (χ1n) is 4.63. The second kappa shape index (κ2) is 5.63. The molecule has 12 heavy (non-hydrogen) atoms. The summed E-state index contributed by atoms with van der Waals surface area (Å²) in [4.78, 5) is 2.51. The maximum absolute atomic E-state index is 2.51. The molecule has 0 fully saturated rings. The molecule has 0 aliphatic carbocycles. The molecule has 0 aromatic heterocycles. The molecule has 0 spiro atoms. The van der Waals surface area contributed by atoms with Crippen molar-refractivity contribution in [3.05, 3.63) is 0 Å². The van der Waals surface area contributed by atoms with E-state index in [0.29, 0.717) is 5.54 Å². The predicted octanol–water partition coefficient (Wildman–Crippen LogP) is 2.38. The molecule has 0 aromatic rings. The van der Waals surface area contributed by atoms with Crippen molar-refractivity contribution >= 4 is 8.41 Å². The van der Waals surface area contributed by atoms with Gasteiger partial charge in [0.2, 0.25) is 0 Å². The molecule has 2 heteroatoms. The van der Waals surface area contributed by atoms with Crippen LogP contribution in [0.1, 0.15) is 41.5 Å². The van der Waals surface area contributed by atoms with Gasteiger partial charge in [-0.15, -0.1) is 0 Å². The van der Waals surface area contributed by atoms with Gasteiger partial charge in [0.05, 0.1) is 0 Å². The minimum absolute atomic E-state index is 0. The molecule has 0 bridgehead atoms. The molecule has 0 heterocycles. The van der Waals surface area contributed by atoms with Crippen LogP contribution in [-0.4, -0.2) is 31.9 Å². The lowest BCUT2D eigenvalue weighted by molar-refractivity contribution is 0.128. The maximum Gasteiger partial charge on any atom is 0.0125 e. The van der Waals surface area contributed by atoms with Crippen molar-refractivity contribution in [1.82, 2.24) is 4.90 Å². The topological polar surface area (TPSA) is 3.24 Å². The third-order valence-corrected chi connectivity index (χ3v) is 1.92. The first-order valence-corrected chi connectivity index (χ1v) is 4.63. The third-order valence-electron chi connectivity index (χ3n) is 1.92. The third kappa shape index (κ3) is 5.65. The second-order valence-corrected chi connectivity index (χ2v) is 4.60.